The zero-order valence-corrected chi connectivity index (χ0v) is 12.4. The zero-order valence-electron chi connectivity index (χ0n) is 12.4. The Hall–Kier alpha value is -1.06. The van der Waals surface area contributed by atoms with Crippen LogP contribution in [0, 0.1) is 17.8 Å². The molecule has 0 aromatic heterocycles. The fourth-order valence-corrected chi connectivity index (χ4v) is 4.45. The summed E-state index contributed by atoms with van der Waals surface area (Å²) in [6, 6.07) is 0. The van der Waals surface area contributed by atoms with Crippen LogP contribution in [0.2, 0.25) is 0 Å². The molecule has 0 aromatic carbocycles. The highest BCUT2D eigenvalue weighted by Gasteiger charge is 2.52. The number of rotatable bonds is 3. The maximum atomic E-state index is 12.5. The summed E-state index contributed by atoms with van der Waals surface area (Å²) in [4.78, 5) is 23.6. The van der Waals surface area contributed by atoms with Gasteiger partial charge in [0.05, 0.1) is 5.92 Å². The highest BCUT2D eigenvalue weighted by molar-refractivity contribution is 5.74. The van der Waals surface area contributed by atoms with Gasteiger partial charge in [-0.3, -0.25) is 9.59 Å². The Labute approximate surface area is 120 Å². The molecule has 0 N–H and O–H groups in total. The summed E-state index contributed by atoms with van der Waals surface area (Å²) in [5, 5.41) is 0. The minimum absolute atomic E-state index is 0.0567. The van der Waals surface area contributed by atoms with Gasteiger partial charge in [-0.2, -0.15) is 0 Å². The first-order valence-corrected chi connectivity index (χ1v) is 7.87. The predicted octanol–water partition coefficient (Wildman–Crippen LogP) is 2.84. The van der Waals surface area contributed by atoms with Crippen molar-refractivity contribution in [2.45, 2.75) is 70.5 Å². The van der Waals surface area contributed by atoms with Gasteiger partial charge in [0.1, 0.15) is 11.7 Å². The van der Waals surface area contributed by atoms with Crippen molar-refractivity contribution in [2.75, 3.05) is 0 Å². The SMILES string of the molecule is CC(=O)OC1CC2CC(C(=O)OC3(C)CCCC3)C1C2. The Kier molecular flexibility index (Phi) is 3.51. The molecule has 4 heteroatoms. The van der Waals surface area contributed by atoms with E-state index in [9.17, 15) is 9.59 Å². The second-order valence-electron chi connectivity index (χ2n) is 7.07. The van der Waals surface area contributed by atoms with Crippen LogP contribution in [0.25, 0.3) is 0 Å². The van der Waals surface area contributed by atoms with Crippen molar-refractivity contribution in [3.05, 3.63) is 0 Å². The number of esters is 2. The minimum atomic E-state index is -0.254. The maximum Gasteiger partial charge on any atom is 0.309 e. The first-order chi connectivity index (χ1) is 9.47. The van der Waals surface area contributed by atoms with E-state index in [0.29, 0.717) is 5.92 Å². The zero-order chi connectivity index (χ0) is 14.3. The van der Waals surface area contributed by atoms with Crippen molar-refractivity contribution in [3.8, 4) is 0 Å². The fraction of sp³-hybridized carbons (Fsp3) is 0.875. The van der Waals surface area contributed by atoms with E-state index in [-0.39, 0.29) is 35.5 Å². The van der Waals surface area contributed by atoms with Gasteiger partial charge in [0.2, 0.25) is 0 Å². The van der Waals surface area contributed by atoms with Crippen LogP contribution in [0.3, 0.4) is 0 Å². The molecule has 3 rings (SSSR count). The molecule has 4 atom stereocenters. The Bertz CT molecular complexity index is 411. The van der Waals surface area contributed by atoms with E-state index in [0.717, 1.165) is 44.9 Å². The molecule has 0 amide bonds. The molecule has 3 saturated carbocycles. The molecular formula is C16H24O4. The highest BCUT2D eigenvalue weighted by Crippen LogP contribution is 2.50. The highest BCUT2D eigenvalue weighted by atomic mass is 16.6. The summed E-state index contributed by atoms with van der Waals surface area (Å²) in [6.07, 6.45) is 7.03. The topological polar surface area (TPSA) is 52.6 Å². The van der Waals surface area contributed by atoms with E-state index in [2.05, 4.69) is 6.92 Å². The molecule has 20 heavy (non-hydrogen) atoms. The minimum Gasteiger partial charge on any atom is -0.462 e. The third-order valence-electron chi connectivity index (χ3n) is 5.38. The summed E-state index contributed by atoms with van der Waals surface area (Å²) >= 11 is 0. The Morgan fingerprint density at radius 2 is 1.80 bits per heavy atom. The standard InChI is InChI=1S/C16H24O4/c1-10(17)19-14-9-11-7-12(14)13(8-11)15(18)20-16(2)5-3-4-6-16/h11-14H,3-9H2,1-2H3. The number of ether oxygens (including phenoxy) is 2. The van der Waals surface area contributed by atoms with Crippen LogP contribution in [0.1, 0.15) is 58.8 Å². The summed E-state index contributed by atoms with van der Waals surface area (Å²) < 4.78 is 11.2. The molecule has 0 heterocycles. The average Bonchev–Trinajstić information content (AvgIpc) is 3.03. The lowest BCUT2D eigenvalue weighted by Crippen LogP contribution is -2.38. The van der Waals surface area contributed by atoms with Gasteiger partial charge >= 0.3 is 11.9 Å². The van der Waals surface area contributed by atoms with Crippen LogP contribution in [0.4, 0.5) is 0 Å². The largest absolute Gasteiger partial charge is 0.462 e. The van der Waals surface area contributed by atoms with Gasteiger partial charge in [0, 0.05) is 12.8 Å². The molecule has 0 radical (unpaired) electrons. The Morgan fingerprint density at radius 3 is 2.40 bits per heavy atom. The normalized spacial score (nSPS) is 37.9. The molecule has 2 bridgehead atoms. The molecule has 3 aliphatic carbocycles. The molecular weight excluding hydrogens is 256 g/mol. The lowest BCUT2D eigenvalue weighted by molar-refractivity contribution is -0.169. The molecule has 0 aromatic rings. The number of hydrogen-bond acceptors (Lipinski definition) is 4. The number of fused-ring (bicyclic) bond motifs is 2. The van der Waals surface area contributed by atoms with Crippen molar-refractivity contribution < 1.29 is 19.1 Å². The van der Waals surface area contributed by atoms with Gasteiger partial charge in [0.25, 0.3) is 0 Å². The van der Waals surface area contributed by atoms with E-state index in [1.165, 1.54) is 6.92 Å². The van der Waals surface area contributed by atoms with Crippen molar-refractivity contribution in [3.63, 3.8) is 0 Å². The van der Waals surface area contributed by atoms with Gasteiger partial charge < -0.3 is 9.47 Å². The molecule has 0 saturated heterocycles. The van der Waals surface area contributed by atoms with Crippen LogP contribution in [0.5, 0.6) is 0 Å². The molecule has 4 unspecified atom stereocenters. The Morgan fingerprint density at radius 1 is 1.10 bits per heavy atom. The van der Waals surface area contributed by atoms with Gasteiger partial charge in [-0.05, 0) is 57.8 Å². The number of carbonyl (C=O) groups excluding carboxylic acids is 2. The van der Waals surface area contributed by atoms with Crippen LogP contribution in [0.15, 0.2) is 0 Å². The average molecular weight is 280 g/mol. The van der Waals surface area contributed by atoms with Crippen molar-refractivity contribution in [1.29, 1.82) is 0 Å². The van der Waals surface area contributed by atoms with Crippen LogP contribution in [-0.4, -0.2) is 23.6 Å². The summed E-state index contributed by atoms with van der Waals surface area (Å²) in [5.41, 5.74) is -0.254. The van der Waals surface area contributed by atoms with Crippen LogP contribution in [-0.2, 0) is 19.1 Å². The second kappa shape index (κ2) is 5.05. The smallest absolute Gasteiger partial charge is 0.309 e. The Balaban J connectivity index is 1.62. The van der Waals surface area contributed by atoms with Gasteiger partial charge in [-0.25, -0.2) is 0 Å². The van der Waals surface area contributed by atoms with Crippen molar-refractivity contribution in [2.24, 2.45) is 17.8 Å². The number of carbonyl (C=O) groups is 2. The maximum absolute atomic E-state index is 12.5. The first-order valence-electron chi connectivity index (χ1n) is 7.87. The lowest BCUT2D eigenvalue weighted by atomic mass is 9.86. The van der Waals surface area contributed by atoms with Crippen LogP contribution >= 0.6 is 0 Å². The molecule has 3 aliphatic rings. The summed E-state index contributed by atoms with van der Waals surface area (Å²) in [6.45, 7) is 3.49. The summed E-state index contributed by atoms with van der Waals surface area (Å²) in [5.74, 6) is 0.353. The molecule has 0 aliphatic heterocycles. The van der Waals surface area contributed by atoms with E-state index in [1.54, 1.807) is 0 Å². The van der Waals surface area contributed by atoms with Gasteiger partial charge in [-0.15, -0.1) is 0 Å². The van der Waals surface area contributed by atoms with Gasteiger partial charge in [-0.1, -0.05) is 0 Å². The van der Waals surface area contributed by atoms with Gasteiger partial charge in [0.15, 0.2) is 0 Å². The third kappa shape index (κ3) is 2.57. The van der Waals surface area contributed by atoms with E-state index in [1.807, 2.05) is 0 Å². The number of hydrogen-bond donors (Lipinski definition) is 0. The van der Waals surface area contributed by atoms with E-state index >= 15 is 0 Å². The first kappa shape index (κ1) is 13.9. The monoisotopic (exact) mass is 280 g/mol. The second-order valence-corrected chi connectivity index (χ2v) is 7.07. The third-order valence-corrected chi connectivity index (χ3v) is 5.38. The molecule has 3 fully saturated rings. The lowest BCUT2D eigenvalue weighted by Gasteiger charge is -2.31. The van der Waals surface area contributed by atoms with Crippen LogP contribution < -0.4 is 0 Å². The fourth-order valence-electron chi connectivity index (χ4n) is 4.45. The summed E-state index contributed by atoms with van der Waals surface area (Å²) in [7, 11) is 0. The van der Waals surface area contributed by atoms with E-state index in [4.69, 9.17) is 9.47 Å². The quantitative estimate of drug-likeness (QED) is 0.746. The van der Waals surface area contributed by atoms with Crippen molar-refractivity contribution in [1.82, 2.24) is 0 Å². The van der Waals surface area contributed by atoms with Crippen molar-refractivity contribution >= 4 is 11.9 Å². The predicted molar refractivity (Wildman–Crippen MR) is 72.8 cm³/mol. The molecule has 0 spiro atoms. The molecule has 112 valence electrons. The van der Waals surface area contributed by atoms with E-state index < -0.39 is 0 Å². The molecule has 4 nitrogen and oxygen atoms in total.